The Morgan fingerprint density at radius 3 is 1.57 bits per heavy atom. The Morgan fingerprint density at radius 2 is 1.08 bits per heavy atom. The summed E-state index contributed by atoms with van der Waals surface area (Å²) in [6.45, 7) is 4.11. The minimum atomic E-state index is -1.15. The van der Waals surface area contributed by atoms with Gasteiger partial charge in [0.15, 0.2) is 0 Å². The van der Waals surface area contributed by atoms with Crippen molar-refractivity contribution < 1.29 is 20.1 Å². The molecule has 0 saturated carbocycles. The van der Waals surface area contributed by atoms with Crippen molar-refractivity contribution in [2.75, 3.05) is 6.61 Å². The lowest BCUT2D eigenvalue weighted by Crippen LogP contribution is -2.50. The van der Waals surface area contributed by atoms with Crippen LogP contribution in [-0.2, 0) is 4.79 Å². The lowest BCUT2D eigenvalue weighted by molar-refractivity contribution is -0.124. The number of carbonyl (C=O) groups is 1. The third-order valence-electron chi connectivity index (χ3n) is 7.37. The third kappa shape index (κ3) is 23.9. The Morgan fingerprint density at radius 1 is 0.649 bits per heavy atom. The molecule has 0 rings (SSSR count). The molecule has 0 aliphatic rings. The molecule has 0 radical (unpaired) electrons. The summed E-state index contributed by atoms with van der Waals surface area (Å²) in [4.78, 5) is 12.3. The average Bonchev–Trinajstić information content (AvgIpc) is 2.90. The Bertz CT molecular complexity index is 511. The van der Waals surface area contributed by atoms with Crippen molar-refractivity contribution in [3.05, 3.63) is 12.2 Å². The molecule has 0 aromatic rings. The number of allylic oxidation sites excluding steroid dienone is 2. The van der Waals surface area contributed by atoms with E-state index in [-0.39, 0.29) is 12.5 Å². The first-order chi connectivity index (χ1) is 18.1. The van der Waals surface area contributed by atoms with Gasteiger partial charge in [0.2, 0.25) is 5.91 Å². The third-order valence-corrected chi connectivity index (χ3v) is 7.37. The normalized spacial score (nSPS) is 14.2. The monoisotopic (exact) mass is 525 g/mol. The van der Waals surface area contributed by atoms with E-state index in [2.05, 4.69) is 31.3 Å². The highest BCUT2D eigenvalue weighted by atomic mass is 16.3. The van der Waals surface area contributed by atoms with Crippen LogP contribution < -0.4 is 5.32 Å². The van der Waals surface area contributed by atoms with Crippen molar-refractivity contribution in [1.82, 2.24) is 5.32 Å². The van der Waals surface area contributed by atoms with Gasteiger partial charge in [0, 0.05) is 6.42 Å². The van der Waals surface area contributed by atoms with Crippen molar-refractivity contribution in [2.24, 2.45) is 0 Å². The van der Waals surface area contributed by atoms with Gasteiger partial charge < -0.3 is 20.6 Å². The van der Waals surface area contributed by atoms with Crippen molar-refractivity contribution in [3.63, 3.8) is 0 Å². The molecule has 0 spiro atoms. The molecule has 0 aromatic heterocycles. The summed E-state index contributed by atoms with van der Waals surface area (Å²) in [7, 11) is 0. The van der Waals surface area contributed by atoms with Gasteiger partial charge in [0.05, 0.1) is 18.8 Å². The van der Waals surface area contributed by atoms with Gasteiger partial charge in [-0.3, -0.25) is 4.79 Å². The zero-order valence-corrected chi connectivity index (χ0v) is 24.6. The van der Waals surface area contributed by atoms with E-state index in [9.17, 15) is 20.1 Å². The second-order valence-corrected chi connectivity index (χ2v) is 11.0. The highest BCUT2D eigenvalue weighted by Crippen LogP contribution is 2.14. The first-order valence-corrected chi connectivity index (χ1v) is 16.0. The number of amides is 1. The molecule has 3 unspecified atom stereocenters. The second kappa shape index (κ2) is 28.1. The van der Waals surface area contributed by atoms with Crippen molar-refractivity contribution in [3.8, 4) is 0 Å². The summed E-state index contributed by atoms with van der Waals surface area (Å²) < 4.78 is 0. The summed E-state index contributed by atoms with van der Waals surface area (Å²) >= 11 is 0. The lowest BCUT2D eigenvalue weighted by Gasteiger charge is -2.26. The number of carbonyl (C=O) groups excluding carboxylic acids is 1. The van der Waals surface area contributed by atoms with Crippen LogP contribution in [0.3, 0.4) is 0 Å². The Labute approximate surface area is 229 Å². The number of hydrogen-bond acceptors (Lipinski definition) is 4. The highest BCUT2D eigenvalue weighted by Gasteiger charge is 2.26. The van der Waals surface area contributed by atoms with E-state index in [1.54, 1.807) is 0 Å². The molecule has 220 valence electrons. The molecule has 5 heteroatoms. The van der Waals surface area contributed by atoms with Gasteiger partial charge in [0.25, 0.3) is 0 Å². The zero-order valence-electron chi connectivity index (χ0n) is 24.6. The van der Waals surface area contributed by atoms with Gasteiger partial charge in [-0.05, 0) is 38.5 Å². The van der Waals surface area contributed by atoms with E-state index in [0.29, 0.717) is 12.8 Å². The van der Waals surface area contributed by atoms with E-state index >= 15 is 0 Å². The van der Waals surface area contributed by atoms with Crippen LogP contribution in [0.25, 0.3) is 0 Å². The summed E-state index contributed by atoms with van der Waals surface area (Å²) in [6.07, 6.45) is 28.7. The number of aliphatic hydroxyl groups is 3. The van der Waals surface area contributed by atoms with E-state index in [1.807, 2.05) is 0 Å². The maximum absolute atomic E-state index is 12.3. The van der Waals surface area contributed by atoms with Gasteiger partial charge in [-0.25, -0.2) is 0 Å². The minimum absolute atomic E-state index is 0.157. The second-order valence-electron chi connectivity index (χ2n) is 11.0. The molecule has 0 aliphatic carbocycles. The average molecular weight is 526 g/mol. The largest absolute Gasteiger partial charge is 0.394 e. The molecule has 1 amide bonds. The van der Waals surface area contributed by atoms with Crippen molar-refractivity contribution in [2.45, 2.75) is 180 Å². The molecule has 37 heavy (non-hydrogen) atoms. The molecule has 0 fully saturated rings. The molecule has 0 aromatic carbocycles. The zero-order chi connectivity index (χ0) is 27.4. The smallest absolute Gasteiger partial charge is 0.220 e. The van der Waals surface area contributed by atoms with Crippen LogP contribution in [-0.4, -0.2) is 46.1 Å². The molecule has 4 N–H and O–H groups in total. The summed E-state index contributed by atoms with van der Waals surface area (Å²) in [5.74, 6) is -0.157. The van der Waals surface area contributed by atoms with Crippen molar-refractivity contribution >= 4 is 5.91 Å². The van der Waals surface area contributed by atoms with Gasteiger partial charge in [-0.1, -0.05) is 129 Å². The summed E-state index contributed by atoms with van der Waals surface area (Å²) in [5, 5.41) is 33.1. The molecular formula is C32H63NO4. The van der Waals surface area contributed by atoms with Gasteiger partial charge in [-0.15, -0.1) is 0 Å². The lowest BCUT2D eigenvalue weighted by atomic mass is 10.0. The van der Waals surface area contributed by atoms with Crippen LogP contribution in [0, 0.1) is 0 Å². The van der Waals surface area contributed by atoms with E-state index in [4.69, 9.17) is 0 Å². The molecule has 3 atom stereocenters. The van der Waals surface area contributed by atoms with E-state index in [0.717, 1.165) is 38.5 Å². The number of rotatable bonds is 28. The fraction of sp³-hybridized carbons (Fsp3) is 0.906. The Hall–Kier alpha value is -0.910. The maximum atomic E-state index is 12.3. The Balaban J connectivity index is 3.79. The fourth-order valence-corrected chi connectivity index (χ4v) is 4.81. The first-order valence-electron chi connectivity index (χ1n) is 16.0. The number of hydrogen-bond donors (Lipinski definition) is 4. The molecule has 5 nitrogen and oxygen atoms in total. The molecule has 0 aliphatic heterocycles. The highest BCUT2D eigenvalue weighted by molar-refractivity contribution is 5.76. The SMILES string of the molecule is CCCCCCCC/C=C/CCCC(O)C(O)C(CO)NC(=O)CCCCCCCCCCCCCC. The fourth-order valence-electron chi connectivity index (χ4n) is 4.81. The molecule has 0 saturated heterocycles. The number of nitrogens with one attached hydrogen (secondary N) is 1. The number of aliphatic hydroxyl groups excluding tert-OH is 3. The minimum Gasteiger partial charge on any atom is -0.394 e. The van der Waals surface area contributed by atoms with E-state index < -0.39 is 18.2 Å². The predicted molar refractivity (Wildman–Crippen MR) is 158 cm³/mol. The van der Waals surface area contributed by atoms with E-state index in [1.165, 1.54) is 96.3 Å². The standard InChI is InChI=1S/C32H63NO4/c1-3-5-7-9-11-13-15-17-19-21-23-25-27-31(36)33-29(28-34)32(37)30(35)26-24-22-20-18-16-14-12-10-8-6-4-2/h18,20,29-30,32,34-35,37H,3-17,19,21-28H2,1-2H3,(H,33,36)/b20-18+. The molecule has 0 bridgehead atoms. The summed E-state index contributed by atoms with van der Waals surface area (Å²) in [6, 6.07) is -0.817. The van der Waals surface area contributed by atoms with Crippen molar-refractivity contribution in [1.29, 1.82) is 0 Å². The quantitative estimate of drug-likeness (QED) is 0.0621. The Kier molecular flexibility index (Phi) is 27.4. The summed E-state index contributed by atoms with van der Waals surface area (Å²) in [5.41, 5.74) is 0. The predicted octanol–water partition coefficient (Wildman–Crippen LogP) is 7.75. The van der Waals surface area contributed by atoms with Gasteiger partial charge >= 0.3 is 0 Å². The molecular weight excluding hydrogens is 462 g/mol. The topological polar surface area (TPSA) is 89.8 Å². The van der Waals surface area contributed by atoms with Crippen LogP contribution in [0.1, 0.15) is 162 Å². The van der Waals surface area contributed by atoms with Gasteiger partial charge in [-0.2, -0.15) is 0 Å². The first kappa shape index (κ1) is 36.1. The van der Waals surface area contributed by atoms with Crippen LogP contribution in [0.5, 0.6) is 0 Å². The van der Waals surface area contributed by atoms with Crippen LogP contribution >= 0.6 is 0 Å². The van der Waals surface area contributed by atoms with Crippen LogP contribution in [0.2, 0.25) is 0 Å². The van der Waals surface area contributed by atoms with Gasteiger partial charge in [0.1, 0.15) is 6.10 Å². The van der Waals surface area contributed by atoms with Crippen LogP contribution in [0.4, 0.5) is 0 Å². The number of unbranched alkanes of at least 4 members (excludes halogenated alkanes) is 18. The maximum Gasteiger partial charge on any atom is 0.220 e. The molecule has 0 heterocycles. The van der Waals surface area contributed by atoms with Crippen LogP contribution in [0.15, 0.2) is 12.2 Å².